The van der Waals surface area contributed by atoms with Crippen LogP contribution in [0.25, 0.3) is 0 Å². The molecule has 36 heavy (non-hydrogen) atoms. The van der Waals surface area contributed by atoms with Crippen LogP contribution >= 0.6 is 11.6 Å². The number of carbonyl (C=O) groups excluding carboxylic acids is 2. The number of amides is 2. The molecule has 0 aliphatic heterocycles. The van der Waals surface area contributed by atoms with E-state index in [0.29, 0.717) is 24.2 Å². The van der Waals surface area contributed by atoms with Crippen molar-refractivity contribution in [2.24, 2.45) is 0 Å². The van der Waals surface area contributed by atoms with E-state index in [4.69, 9.17) is 21.4 Å². The summed E-state index contributed by atoms with van der Waals surface area (Å²) in [5.41, 5.74) is -1.47. The molecule has 2 heterocycles. The molecule has 10 nitrogen and oxygen atoms in total. The van der Waals surface area contributed by atoms with Gasteiger partial charge in [0.2, 0.25) is 5.91 Å². The number of aromatic nitrogens is 3. The zero-order valence-corrected chi connectivity index (χ0v) is 19.0. The molecule has 1 aliphatic carbocycles. The largest absolute Gasteiger partial charge is 0.479 e. The third kappa shape index (κ3) is 6.10. The van der Waals surface area contributed by atoms with Crippen molar-refractivity contribution < 1.29 is 32.6 Å². The third-order valence-corrected chi connectivity index (χ3v) is 5.41. The van der Waals surface area contributed by atoms with Crippen LogP contribution in [-0.2, 0) is 17.5 Å². The molecule has 2 aromatic heterocycles. The van der Waals surface area contributed by atoms with Gasteiger partial charge in [-0.25, -0.2) is 4.79 Å². The second kappa shape index (κ2) is 9.85. The number of benzene rings is 1. The Kier molecular flexibility index (Phi) is 6.84. The highest BCUT2D eigenvalue weighted by atomic mass is 35.5. The predicted octanol–water partition coefficient (Wildman–Crippen LogP) is 3.93. The fourth-order valence-corrected chi connectivity index (χ4v) is 3.35. The first-order valence-corrected chi connectivity index (χ1v) is 10.8. The van der Waals surface area contributed by atoms with E-state index in [-0.39, 0.29) is 23.0 Å². The standard InChI is InChI=1S/C22H18ClF3N6O4/c23-12-1-4-17(16(7-12)22(24,25)26)31-14-3-2-13(27-9-14)8-28-18(33)21(5-6-21)32-20(35)36-15-10-29-19(34)30-11-15/h1-4,7,9-11,31H,5-6,8H2,(H,28,33)(H,32,35)(H,29,30,34). The smallest absolute Gasteiger partial charge is 0.418 e. The van der Waals surface area contributed by atoms with E-state index in [0.717, 1.165) is 18.5 Å². The van der Waals surface area contributed by atoms with Gasteiger partial charge in [0.05, 0.1) is 47.8 Å². The van der Waals surface area contributed by atoms with Gasteiger partial charge in [-0.05, 0) is 43.2 Å². The molecule has 4 rings (SSSR count). The van der Waals surface area contributed by atoms with Crippen molar-refractivity contribution in [3.8, 4) is 11.8 Å². The molecule has 4 N–H and O–H groups in total. The molecule has 0 bridgehead atoms. The first-order valence-electron chi connectivity index (χ1n) is 10.4. The lowest BCUT2D eigenvalue weighted by Gasteiger charge is -2.17. The van der Waals surface area contributed by atoms with Crippen molar-refractivity contribution in [3.63, 3.8) is 0 Å². The number of hydrogen-bond donors (Lipinski definition) is 4. The number of halogens is 4. The maximum absolute atomic E-state index is 13.3. The third-order valence-electron chi connectivity index (χ3n) is 5.17. The lowest BCUT2D eigenvalue weighted by Crippen LogP contribution is -2.49. The first-order chi connectivity index (χ1) is 17.0. The second-order valence-corrected chi connectivity index (χ2v) is 8.29. The second-order valence-electron chi connectivity index (χ2n) is 7.85. The van der Waals surface area contributed by atoms with Crippen LogP contribution in [0.1, 0.15) is 24.1 Å². The summed E-state index contributed by atoms with van der Waals surface area (Å²) in [5, 5.41) is 16.9. The van der Waals surface area contributed by atoms with Gasteiger partial charge in [-0.2, -0.15) is 23.1 Å². The number of anilines is 2. The highest BCUT2D eigenvalue weighted by Crippen LogP contribution is 2.38. The Morgan fingerprint density at radius 1 is 1.08 bits per heavy atom. The van der Waals surface area contributed by atoms with Crippen molar-refractivity contribution >= 4 is 35.0 Å². The van der Waals surface area contributed by atoms with Crippen LogP contribution in [0.2, 0.25) is 5.02 Å². The topological polar surface area (TPSA) is 138 Å². The summed E-state index contributed by atoms with van der Waals surface area (Å²) in [7, 11) is 0. The molecule has 0 saturated heterocycles. The van der Waals surface area contributed by atoms with E-state index in [1.165, 1.54) is 30.5 Å². The SMILES string of the molecule is O=C(NC1(C(=O)NCc2ccc(Nc3ccc(Cl)cc3C(F)(F)F)cn2)CC1)Oc1cnc(O)nc1. The highest BCUT2D eigenvalue weighted by molar-refractivity contribution is 6.30. The molecule has 188 valence electrons. The van der Waals surface area contributed by atoms with E-state index < -0.39 is 35.3 Å². The quantitative estimate of drug-likeness (QED) is 0.366. The number of aromatic hydroxyl groups is 1. The Hall–Kier alpha value is -4.13. The summed E-state index contributed by atoms with van der Waals surface area (Å²) in [5.74, 6) is -0.457. The first kappa shape index (κ1) is 25.0. The Morgan fingerprint density at radius 3 is 2.42 bits per heavy atom. The summed E-state index contributed by atoms with van der Waals surface area (Å²) in [6.45, 7) is 0.0259. The normalized spacial score (nSPS) is 14.0. The van der Waals surface area contributed by atoms with Crippen LogP contribution in [0.15, 0.2) is 48.9 Å². The molecule has 0 unspecified atom stereocenters. The maximum Gasteiger partial charge on any atom is 0.418 e. The van der Waals surface area contributed by atoms with E-state index in [1.807, 2.05) is 0 Å². The van der Waals surface area contributed by atoms with E-state index >= 15 is 0 Å². The van der Waals surface area contributed by atoms with Gasteiger partial charge in [-0.1, -0.05) is 11.6 Å². The molecule has 1 fully saturated rings. The van der Waals surface area contributed by atoms with Crippen LogP contribution in [-0.4, -0.2) is 37.6 Å². The molecule has 3 aromatic rings. The molecule has 1 saturated carbocycles. The number of rotatable bonds is 7. The lowest BCUT2D eigenvalue weighted by molar-refractivity contribution is -0.137. The fraction of sp³-hybridized carbons (Fsp3) is 0.227. The Balaban J connectivity index is 1.31. The number of ether oxygens (including phenoxy) is 1. The number of hydrogen-bond acceptors (Lipinski definition) is 8. The van der Waals surface area contributed by atoms with Crippen molar-refractivity contribution in [1.29, 1.82) is 0 Å². The Labute approximate surface area is 206 Å². The Bertz CT molecular complexity index is 1270. The van der Waals surface area contributed by atoms with Gasteiger partial charge >= 0.3 is 18.3 Å². The van der Waals surface area contributed by atoms with Crippen LogP contribution in [0.3, 0.4) is 0 Å². The van der Waals surface area contributed by atoms with Gasteiger partial charge in [0, 0.05) is 5.02 Å². The molecule has 2 amide bonds. The summed E-state index contributed by atoms with van der Waals surface area (Å²) in [6, 6.07) is 5.97. The summed E-state index contributed by atoms with van der Waals surface area (Å²) >= 11 is 5.69. The van der Waals surface area contributed by atoms with Crippen LogP contribution in [0.5, 0.6) is 11.8 Å². The minimum atomic E-state index is -4.60. The number of nitrogens with zero attached hydrogens (tertiary/aromatic N) is 3. The highest BCUT2D eigenvalue weighted by Gasteiger charge is 2.51. The molecule has 0 atom stereocenters. The molecular weight excluding hydrogens is 505 g/mol. The van der Waals surface area contributed by atoms with E-state index in [1.54, 1.807) is 0 Å². The number of carbonyl (C=O) groups is 2. The van der Waals surface area contributed by atoms with Crippen LogP contribution < -0.4 is 20.7 Å². The van der Waals surface area contributed by atoms with Crippen molar-refractivity contribution in [2.75, 3.05) is 5.32 Å². The Morgan fingerprint density at radius 2 is 1.81 bits per heavy atom. The van der Waals surface area contributed by atoms with Gasteiger partial charge in [0.1, 0.15) is 5.54 Å². The molecular formula is C22H18ClF3N6O4. The van der Waals surface area contributed by atoms with E-state index in [2.05, 4.69) is 30.9 Å². The van der Waals surface area contributed by atoms with Gasteiger partial charge in [0.25, 0.3) is 0 Å². The average Bonchev–Trinajstić information content (AvgIpc) is 3.61. The zero-order valence-electron chi connectivity index (χ0n) is 18.3. The maximum atomic E-state index is 13.3. The van der Waals surface area contributed by atoms with Crippen molar-refractivity contribution in [1.82, 2.24) is 25.6 Å². The summed E-state index contributed by atoms with van der Waals surface area (Å²) in [6.07, 6.45) is -1.14. The van der Waals surface area contributed by atoms with Crippen LogP contribution in [0.4, 0.5) is 29.3 Å². The summed E-state index contributed by atoms with van der Waals surface area (Å²) < 4.78 is 44.8. The van der Waals surface area contributed by atoms with Gasteiger partial charge in [-0.3, -0.25) is 9.78 Å². The monoisotopic (exact) mass is 522 g/mol. The zero-order chi connectivity index (χ0) is 25.9. The van der Waals surface area contributed by atoms with Gasteiger partial charge in [0.15, 0.2) is 5.75 Å². The van der Waals surface area contributed by atoms with E-state index in [9.17, 15) is 22.8 Å². The lowest BCUT2D eigenvalue weighted by atomic mass is 10.1. The number of nitrogens with one attached hydrogen (secondary N) is 3. The van der Waals surface area contributed by atoms with Crippen molar-refractivity contribution in [3.05, 3.63) is 65.2 Å². The minimum Gasteiger partial charge on any atom is -0.479 e. The molecule has 14 heteroatoms. The van der Waals surface area contributed by atoms with Crippen LogP contribution in [0, 0.1) is 0 Å². The molecule has 0 radical (unpaired) electrons. The van der Waals surface area contributed by atoms with Gasteiger partial charge in [-0.15, -0.1) is 0 Å². The van der Waals surface area contributed by atoms with Crippen molar-refractivity contribution in [2.45, 2.75) is 31.1 Å². The number of alkyl halides is 3. The minimum absolute atomic E-state index is 0.0136. The molecule has 1 aliphatic rings. The molecule has 0 spiro atoms. The average molecular weight is 523 g/mol. The predicted molar refractivity (Wildman–Crippen MR) is 121 cm³/mol. The molecule has 1 aromatic carbocycles. The number of pyridine rings is 1. The fourth-order valence-electron chi connectivity index (χ4n) is 3.18. The summed E-state index contributed by atoms with van der Waals surface area (Å²) in [4.78, 5) is 35.8. The van der Waals surface area contributed by atoms with Gasteiger partial charge < -0.3 is 25.8 Å².